The third-order valence-electron chi connectivity index (χ3n) is 6.86. The first-order valence-corrected chi connectivity index (χ1v) is 12.6. The molecule has 0 atom stereocenters. The van der Waals surface area contributed by atoms with Crippen molar-refractivity contribution < 1.29 is 4.74 Å². The predicted octanol–water partition coefficient (Wildman–Crippen LogP) is 2.73. The lowest BCUT2D eigenvalue weighted by atomic mass is 10.1. The van der Waals surface area contributed by atoms with E-state index in [-0.39, 0.29) is 0 Å². The second kappa shape index (κ2) is 9.02. The molecular formula is C24H30N6OS. The van der Waals surface area contributed by atoms with Crippen molar-refractivity contribution in [3.8, 4) is 0 Å². The van der Waals surface area contributed by atoms with Gasteiger partial charge in [-0.15, -0.1) is 11.3 Å². The molecule has 0 N–H and O–H groups in total. The minimum absolute atomic E-state index is 0.807. The molecule has 0 bridgehead atoms. The summed E-state index contributed by atoms with van der Waals surface area (Å²) in [6.45, 7) is 9.43. The average Bonchev–Trinajstić information content (AvgIpc) is 3.42. The number of thiophene rings is 1. The normalized spacial score (nSPS) is 20.2. The van der Waals surface area contributed by atoms with E-state index >= 15 is 0 Å². The van der Waals surface area contributed by atoms with Gasteiger partial charge in [-0.05, 0) is 36.5 Å². The van der Waals surface area contributed by atoms with Crippen molar-refractivity contribution in [2.45, 2.75) is 32.4 Å². The SMILES string of the molecule is c1cncc(CN2CCN(c3nc(CN4CCOCC4)nc4sc5c(c34)CCC5)CC2)c1. The molecular weight excluding hydrogens is 420 g/mol. The molecule has 0 aromatic carbocycles. The smallest absolute Gasteiger partial charge is 0.146 e. The van der Waals surface area contributed by atoms with Crippen molar-refractivity contribution in [2.75, 3.05) is 57.4 Å². The van der Waals surface area contributed by atoms with Gasteiger partial charge in [0.25, 0.3) is 0 Å². The van der Waals surface area contributed by atoms with Crippen molar-refractivity contribution in [1.82, 2.24) is 24.8 Å². The summed E-state index contributed by atoms with van der Waals surface area (Å²) >= 11 is 1.90. The number of morpholine rings is 1. The number of fused-ring (bicyclic) bond motifs is 3. The summed E-state index contributed by atoms with van der Waals surface area (Å²) in [5, 5.41) is 1.34. The first kappa shape index (κ1) is 20.5. The summed E-state index contributed by atoms with van der Waals surface area (Å²) < 4.78 is 5.52. The zero-order chi connectivity index (χ0) is 21.3. The first-order valence-electron chi connectivity index (χ1n) is 11.8. The summed E-state index contributed by atoms with van der Waals surface area (Å²) in [6, 6.07) is 4.19. The molecule has 3 aliphatic rings. The lowest BCUT2D eigenvalue weighted by Gasteiger charge is -2.36. The van der Waals surface area contributed by atoms with Crippen LogP contribution in [0.1, 0.15) is 28.2 Å². The van der Waals surface area contributed by atoms with Crippen LogP contribution in [0, 0.1) is 0 Å². The molecule has 3 aromatic rings. The first-order chi connectivity index (χ1) is 15.8. The number of anilines is 1. The highest BCUT2D eigenvalue weighted by molar-refractivity contribution is 7.19. The minimum atomic E-state index is 0.807. The van der Waals surface area contributed by atoms with Crippen molar-refractivity contribution in [3.05, 3.63) is 46.4 Å². The van der Waals surface area contributed by atoms with Crippen LogP contribution in [-0.4, -0.2) is 77.2 Å². The van der Waals surface area contributed by atoms with Gasteiger partial charge in [-0.25, -0.2) is 9.97 Å². The number of pyridine rings is 1. The molecule has 2 fully saturated rings. The summed E-state index contributed by atoms with van der Waals surface area (Å²) in [5.74, 6) is 2.14. The van der Waals surface area contributed by atoms with Crippen LogP contribution in [0.25, 0.3) is 10.2 Å². The molecule has 1 aliphatic carbocycles. The van der Waals surface area contributed by atoms with Crippen LogP contribution in [0.3, 0.4) is 0 Å². The fourth-order valence-electron chi connectivity index (χ4n) is 5.15. The van der Waals surface area contributed by atoms with E-state index in [0.717, 1.165) is 71.4 Å². The third kappa shape index (κ3) is 4.12. The fourth-order valence-corrected chi connectivity index (χ4v) is 6.42. The Bertz CT molecular complexity index is 1070. The number of ether oxygens (including phenoxy) is 1. The van der Waals surface area contributed by atoms with Crippen molar-refractivity contribution in [1.29, 1.82) is 0 Å². The Labute approximate surface area is 193 Å². The fraction of sp³-hybridized carbons (Fsp3) is 0.542. The lowest BCUT2D eigenvalue weighted by Crippen LogP contribution is -2.46. The molecule has 0 unspecified atom stereocenters. The Morgan fingerprint density at radius 1 is 0.938 bits per heavy atom. The highest BCUT2D eigenvalue weighted by Gasteiger charge is 2.27. The minimum Gasteiger partial charge on any atom is -0.379 e. The van der Waals surface area contributed by atoms with Crippen LogP contribution in [0.5, 0.6) is 0 Å². The van der Waals surface area contributed by atoms with Gasteiger partial charge in [-0.1, -0.05) is 6.07 Å². The molecule has 2 saturated heterocycles. The van der Waals surface area contributed by atoms with Crippen molar-refractivity contribution in [3.63, 3.8) is 0 Å². The molecule has 5 heterocycles. The maximum Gasteiger partial charge on any atom is 0.146 e. The van der Waals surface area contributed by atoms with E-state index in [2.05, 4.69) is 25.8 Å². The van der Waals surface area contributed by atoms with Gasteiger partial charge in [0, 0.05) is 63.1 Å². The van der Waals surface area contributed by atoms with Gasteiger partial charge in [0.15, 0.2) is 0 Å². The lowest BCUT2D eigenvalue weighted by molar-refractivity contribution is 0.0331. The van der Waals surface area contributed by atoms with E-state index in [1.165, 1.54) is 51.3 Å². The maximum absolute atomic E-state index is 5.52. The van der Waals surface area contributed by atoms with E-state index in [1.54, 1.807) is 0 Å². The van der Waals surface area contributed by atoms with Crippen LogP contribution >= 0.6 is 11.3 Å². The van der Waals surface area contributed by atoms with Crippen LogP contribution < -0.4 is 4.90 Å². The van der Waals surface area contributed by atoms with E-state index in [9.17, 15) is 0 Å². The molecule has 0 saturated carbocycles. The Morgan fingerprint density at radius 2 is 1.78 bits per heavy atom. The van der Waals surface area contributed by atoms with E-state index < -0.39 is 0 Å². The second-order valence-electron chi connectivity index (χ2n) is 9.01. The maximum atomic E-state index is 5.52. The summed E-state index contributed by atoms with van der Waals surface area (Å²) in [6.07, 6.45) is 7.47. The van der Waals surface area contributed by atoms with Gasteiger partial charge < -0.3 is 9.64 Å². The Morgan fingerprint density at radius 3 is 2.59 bits per heavy atom. The molecule has 0 spiro atoms. The molecule has 6 rings (SSSR count). The quantitative estimate of drug-likeness (QED) is 0.592. The number of hydrogen-bond acceptors (Lipinski definition) is 8. The van der Waals surface area contributed by atoms with Crippen LogP contribution in [-0.2, 0) is 30.7 Å². The zero-order valence-electron chi connectivity index (χ0n) is 18.5. The van der Waals surface area contributed by atoms with Gasteiger partial charge in [-0.2, -0.15) is 0 Å². The van der Waals surface area contributed by atoms with E-state index in [1.807, 2.05) is 29.8 Å². The number of aryl methyl sites for hydroxylation is 2. The highest BCUT2D eigenvalue weighted by atomic mass is 32.1. The van der Waals surface area contributed by atoms with Gasteiger partial charge in [0.1, 0.15) is 16.5 Å². The molecule has 7 nitrogen and oxygen atoms in total. The van der Waals surface area contributed by atoms with E-state index in [0.29, 0.717) is 0 Å². The van der Waals surface area contributed by atoms with Gasteiger partial charge in [0.2, 0.25) is 0 Å². The zero-order valence-corrected chi connectivity index (χ0v) is 19.3. The highest BCUT2D eigenvalue weighted by Crippen LogP contribution is 2.41. The topological polar surface area (TPSA) is 57.6 Å². The Hall–Kier alpha value is -2.13. The van der Waals surface area contributed by atoms with Gasteiger partial charge in [-0.3, -0.25) is 14.8 Å². The summed E-state index contributed by atoms with van der Waals surface area (Å²) in [4.78, 5) is 24.7. The molecule has 168 valence electrons. The molecule has 2 aliphatic heterocycles. The predicted molar refractivity (Wildman–Crippen MR) is 127 cm³/mol. The van der Waals surface area contributed by atoms with Crippen LogP contribution in [0.15, 0.2) is 24.5 Å². The summed E-state index contributed by atoms with van der Waals surface area (Å²) in [7, 11) is 0. The number of nitrogens with zero attached hydrogens (tertiary/aromatic N) is 6. The monoisotopic (exact) mass is 450 g/mol. The standard InChI is InChI=1S/C24H30N6OS/c1-4-19-20(5-1)32-24-22(19)23(26-21(27-24)17-29-11-13-31-14-12-29)30-9-7-28(8-10-30)16-18-3-2-6-25-15-18/h2-3,6,15H,1,4-5,7-14,16-17H2. The van der Waals surface area contributed by atoms with Crippen LogP contribution in [0.2, 0.25) is 0 Å². The average molecular weight is 451 g/mol. The Kier molecular flexibility index (Phi) is 5.77. The Balaban J connectivity index is 1.25. The van der Waals surface area contributed by atoms with Crippen molar-refractivity contribution >= 4 is 27.4 Å². The van der Waals surface area contributed by atoms with Gasteiger partial charge in [0.05, 0.1) is 25.1 Å². The van der Waals surface area contributed by atoms with Crippen LogP contribution in [0.4, 0.5) is 5.82 Å². The van der Waals surface area contributed by atoms with Gasteiger partial charge >= 0.3 is 0 Å². The molecule has 0 radical (unpaired) electrons. The third-order valence-corrected chi connectivity index (χ3v) is 8.05. The molecule has 3 aromatic heterocycles. The second-order valence-corrected chi connectivity index (χ2v) is 10.1. The van der Waals surface area contributed by atoms with E-state index in [4.69, 9.17) is 14.7 Å². The largest absolute Gasteiger partial charge is 0.379 e. The summed E-state index contributed by atoms with van der Waals surface area (Å²) in [5.41, 5.74) is 2.81. The van der Waals surface area contributed by atoms with Crippen molar-refractivity contribution in [2.24, 2.45) is 0 Å². The number of rotatable bonds is 5. The molecule has 32 heavy (non-hydrogen) atoms. The number of aromatic nitrogens is 3. The number of hydrogen-bond donors (Lipinski definition) is 0. The molecule has 8 heteroatoms. The number of piperazine rings is 1. The molecule has 0 amide bonds.